The van der Waals surface area contributed by atoms with E-state index in [1.807, 2.05) is 30.3 Å². The summed E-state index contributed by atoms with van der Waals surface area (Å²) in [6, 6.07) is 27.9. The van der Waals surface area contributed by atoms with Gasteiger partial charge in [-0.3, -0.25) is 29.4 Å². The third-order valence-corrected chi connectivity index (χ3v) is 11.7. The van der Waals surface area contributed by atoms with Crippen molar-refractivity contribution in [1.82, 2.24) is 5.32 Å². The molecule has 0 spiro atoms. The monoisotopic (exact) mass is 648 g/mol. The number of imide groups is 2. The average molecular weight is 649 g/mol. The highest BCUT2D eigenvalue weighted by Crippen LogP contribution is 2.59. The van der Waals surface area contributed by atoms with Crippen LogP contribution >= 0.6 is 0 Å². The van der Waals surface area contributed by atoms with Crippen molar-refractivity contribution < 1.29 is 37.1 Å². The van der Waals surface area contributed by atoms with E-state index in [-0.39, 0.29) is 45.3 Å². The maximum Gasteiger partial charge on any atom is 0.237 e. The van der Waals surface area contributed by atoms with Crippen molar-refractivity contribution >= 4 is 39.2 Å². The number of para-hydroxylation sites is 1. The molecule has 2 bridgehead atoms. The molecule has 2 heterocycles. The highest BCUT2D eigenvalue weighted by atomic mass is 32.2. The lowest BCUT2D eigenvalue weighted by molar-refractivity contribution is -0.148. The molecule has 0 radical (unpaired) electrons. The van der Waals surface area contributed by atoms with Crippen molar-refractivity contribution in [1.29, 1.82) is 0 Å². The van der Waals surface area contributed by atoms with Crippen LogP contribution in [0.1, 0.15) is 12.8 Å². The van der Waals surface area contributed by atoms with Crippen LogP contribution in [-0.2, 0) is 29.0 Å². The zero-order chi connectivity index (χ0) is 32.4. The molecule has 6 unspecified atom stereocenters. The standard InChI is InChI=1S/C36H28N2O8S/c39-33-29-27-18-19-28(30(29)34(40)37-33)32-31(27)35(41)38(36(32)42)20-6-8-22(9-7-20)46-24-12-16-26(17-13-24)47(43,44)25-14-10-23(11-15-25)45-21-4-2-1-3-5-21/h1-17,27-32H,18-19H2,(H,37,39,40). The molecule has 4 amide bonds. The van der Waals surface area contributed by atoms with Gasteiger partial charge in [0.1, 0.15) is 23.0 Å². The summed E-state index contributed by atoms with van der Waals surface area (Å²) < 4.78 is 38.2. The quantitative estimate of drug-likeness (QED) is 0.272. The van der Waals surface area contributed by atoms with Gasteiger partial charge in [-0.2, -0.15) is 0 Å². The van der Waals surface area contributed by atoms with Gasteiger partial charge in [-0.1, -0.05) is 18.2 Å². The number of sulfone groups is 1. The van der Waals surface area contributed by atoms with Gasteiger partial charge in [0.25, 0.3) is 0 Å². The van der Waals surface area contributed by atoms with Crippen LogP contribution < -0.4 is 19.7 Å². The number of rotatable bonds is 7. The Hall–Kier alpha value is -5.29. The summed E-state index contributed by atoms with van der Waals surface area (Å²) in [5.74, 6) is -2.30. The van der Waals surface area contributed by atoms with Gasteiger partial charge in [-0.05, 0) is 110 Å². The lowest BCUT2D eigenvalue weighted by Gasteiger charge is -2.48. The van der Waals surface area contributed by atoms with Gasteiger partial charge in [-0.25, -0.2) is 8.42 Å². The first kappa shape index (κ1) is 29.1. The van der Waals surface area contributed by atoms with E-state index in [0.29, 0.717) is 41.5 Å². The number of anilines is 1. The molecule has 2 saturated heterocycles. The Morgan fingerprint density at radius 1 is 0.532 bits per heavy atom. The number of amides is 4. The summed E-state index contributed by atoms with van der Waals surface area (Å²) in [5, 5.41) is 2.41. The van der Waals surface area contributed by atoms with E-state index in [1.54, 1.807) is 48.5 Å². The first-order valence-electron chi connectivity index (χ1n) is 15.4. The predicted octanol–water partition coefficient (Wildman–Crippen LogP) is 5.14. The van der Waals surface area contributed by atoms with Crippen LogP contribution in [0.2, 0.25) is 0 Å². The molecule has 3 aliphatic carbocycles. The third-order valence-electron chi connectivity index (χ3n) is 9.89. The van der Waals surface area contributed by atoms with Crippen LogP contribution in [0.5, 0.6) is 23.0 Å². The predicted molar refractivity (Wildman–Crippen MR) is 167 cm³/mol. The van der Waals surface area contributed by atoms with Crippen LogP contribution in [0.15, 0.2) is 113 Å². The van der Waals surface area contributed by atoms with Crippen molar-refractivity contribution in [3.8, 4) is 23.0 Å². The highest BCUT2D eigenvalue weighted by molar-refractivity contribution is 7.91. The van der Waals surface area contributed by atoms with E-state index in [1.165, 1.54) is 29.2 Å². The Kier molecular flexibility index (Phi) is 6.76. The van der Waals surface area contributed by atoms with Crippen LogP contribution in [-0.4, -0.2) is 32.0 Å². The molecule has 1 N–H and O–H groups in total. The Bertz CT molecular complexity index is 1980. The first-order valence-corrected chi connectivity index (χ1v) is 16.9. The second-order valence-electron chi connectivity index (χ2n) is 12.3. The fraction of sp³-hybridized carbons (Fsp3) is 0.222. The molecule has 4 aromatic carbocycles. The Balaban J connectivity index is 0.948. The van der Waals surface area contributed by atoms with Gasteiger partial charge in [-0.15, -0.1) is 0 Å². The summed E-state index contributed by atoms with van der Waals surface area (Å²) in [5.41, 5.74) is 0.392. The molecule has 6 atom stereocenters. The number of benzene rings is 4. The van der Waals surface area contributed by atoms with Gasteiger partial charge < -0.3 is 9.47 Å². The molecule has 10 nitrogen and oxygen atoms in total. The Morgan fingerprint density at radius 2 is 0.936 bits per heavy atom. The molecular formula is C36H28N2O8S. The Morgan fingerprint density at radius 3 is 1.38 bits per heavy atom. The summed E-state index contributed by atoms with van der Waals surface area (Å²) >= 11 is 0. The number of ether oxygens (including phenoxy) is 2. The smallest absolute Gasteiger partial charge is 0.237 e. The van der Waals surface area contributed by atoms with E-state index in [4.69, 9.17) is 9.47 Å². The average Bonchev–Trinajstić information content (AvgIpc) is 3.55. The zero-order valence-electron chi connectivity index (χ0n) is 24.8. The van der Waals surface area contributed by atoms with Crippen LogP contribution in [0.25, 0.3) is 0 Å². The number of hydrogen-bond donors (Lipinski definition) is 1. The normalized spacial score (nSPS) is 26.2. The van der Waals surface area contributed by atoms with Crippen molar-refractivity contribution in [2.75, 3.05) is 4.90 Å². The SMILES string of the molecule is O=C1NC(=O)C2C3CCC(C12)C1C(=O)N(c2ccc(Oc4ccc(S(=O)(=O)c5ccc(Oc6ccccc6)cc5)cc4)cc2)C(=O)C31. The summed E-state index contributed by atoms with van der Waals surface area (Å²) in [7, 11) is -3.79. The van der Waals surface area contributed by atoms with Gasteiger partial charge in [0, 0.05) is 0 Å². The topological polar surface area (TPSA) is 136 Å². The van der Waals surface area contributed by atoms with E-state index in [0.717, 1.165) is 0 Å². The van der Waals surface area contributed by atoms with Gasteiger partial charge in [0.05, 0.1) is 39.1 Å². The molecule has 5 aliphatic rings. The minimum absolute atomic E-state index is 0.0988. The van der Waals surface area contributed by atoms with Crippen molar-refractivity contribution in [2.45, 2.75) is 22.6 Å². The van der Waals surface area contributed by atoms with E-state index >= 15 is 0 Å². The van der Waals surface area contributed by atoms with E-state index in [2.05, 4.69) is 5.32 Å². The van der Waals surface area contributed by atoms with Crippen molar-refractivity contribution in [2.24, 2.45) is 35.5 Å². The van der Waals surface area contributed by atoms with Gasteiger partial charge in [0.15, 0.2) is 0 Å². The lowest BCUT2D eigenvalue weighted by atomic mass is 9.51. The molecule has 0 aromatic heterocycles. The van der Waals surface area contributed by atoms with Crippen molar-refractivity contribution in [3.63, 3.8) is 0 Å². The third kappa shape index (κ3) is 4.72. The summed E-state index contributed by atoms with van der Waals surface area (Å²) in [4.78, 5) is 53.7. The first-order chi connectivity index (χ1) is 22.7. The van der Waals surface area contributed by atoms with Crippen LogP contribution in [0.4, 0.5) is 5.69 Å². The molecule has 47 heavy (non-hydrogen) atoms. The van der Waals surface area contributed by atoms with E-state index in [9.17, 15) is 27.6 Å². The number of hydrogen-bond acceptors (Lipinski definition) is 8. The largest absolute Gasteiger partial charge is 0.457 e. The highest BCUT2D eigenvalue weighted by Gasteiger charge is 2.68. The molecular weight excluding hydrogens is 620 g/mol. The second-order valence-corrected chi connectivity index (χ2v) is 14.3. The number of fused-ring (bicyclic) bond motifs is 1. The number of carbonyl (C=O) groups is 4. The molecule has 5 fully saturated rings. The molecule has 9 rings (SSSR count). The fourth-order valence-electron chi connectivity index (χ4n) is 7.89. The summed E-state index contributed by atoms with van der Waals surface area (Å²) in [6.07, 6.45) is 1.28. The summed E-state index contributed by atoms with van der Waals surface area (Å²) in [6.45, 7) is 0. The molecule has 4 aromatic rings. The maximum absolute atomic E-state index is 13.6. The van der Waals surface area contributed by atoms with Gasteiger partial charge in [0.2, 0.25) is 33.5 Å². The molecule has 3 saturated carbocycles. The second kappa shape index (κ2) is 10.9. The van der Waals surface area contributed by atoms with Crippen LogP contribution in [0.3, 0.4) is 0 Å². The molecule has 11 heteroatoms. The molecule has 236 valence electrons. The van der Waals surface area contributed by atoms with Gasteiger partial charge >= 0.3 is 0 Å². The number of nitrogens with one attached hydrogen (secondary N) is 1. The van der Waals surface area contributed by atoms with E-state index < -0.39 is 33.5 Å². The van der Waals surface area contributed by atoms with Crippen LogP contribution in [0, 0.1) is 35.5 Å². The van der Waals surface area contributed by atoms with Crippen molar-refractivity contribution in [3.05, 3.63) is 103 Å². The number of nitrogens with zero attached hydrogens (tertiary/aromatic N) is 1. The number of carbonyl (C=O) groups excluding carboxylic acids is 4. The molecule has 2 aliphatic heterocycles. The maximum atomic E-state index is 13.6. The Labute approximate surface area is 270 Å². The lowest BCUT2D eigenvalue weighted by Crippen LogP contribution is -2.53. The zero-order valence-corrected chi connectivity index (χ0v) is 25.6. The fourth-order valence-corrected chi connectivity index (χ4v) is 9.15. The minimum atomic E-state index is -3.79. The minimum Gasteiger partial charge on any atom is -0.457 e.